The van der Waals surface area contributed by atoms with Gasteiger partial charge in [-0.05, 0) is 24.3 Å². The first-order valence-electron chi connectivity index (χ1n) is 7.50. The summed E-state index contributed by atoms with van der Waals surface area (Å²) in [5.74, 6) is 0.515. The number of anilines is 2. The lowest BCUT2D eigenvalue weighted by Crippen LogP contribution is -1.95. The standard InChI is InChI=1S/C18H10Cl6N2O2/c19-7-5-12(27-17-8(20)1-3-10(25)14(17)22)16(24)13(6-7)28-18-9(21)2-4-11(26)15(18)23/h1-6H,25-26H2. The van der Waals surface area contributed by atoms with Crippen molar-refractivity contribution in [3.63, 3.8) is 0 Å². The van der Waals surface area contributed by atoms with E-state index in [1.165, 1.54) is 12.1 Å². The summed E-state index contributed by atoms with van der Waals surface area (Å²) in [6.45, 7) is 0. The highest BCUT2D eigenvalue weighted by Crippen LogP contribution is 2.47. The number of hydrogen-bond acceptors (Lipinski definition) is 4. The number of ether oxygens (including phenoxy) is 2. The van der Waals surface area contributed by atoms with E-state index in [2.05, 4.69) is 0 Å². The molecule has 0 amide bonds. The second-order valence-electron chi connectivity index (χ2n) is 5.48. The van der Waals surface area contributed by atoms with Crippen LogP contribution in [-0.4, -0.2) is 0 Å². The molecular formula is C18H10Cl6N2O2. The summed E-state index contributed by atoms with van der Waals surface area (Å²) in [5, 5.41) is 1.08. The lowest BCUT2D eigenvalue weighted by molar-refractivity contribution is 0.461. The third-order valence-corrected chi connectivity index (χ3v) is 5.52. The first kappa shape index (κ1) is 21.3. The minimum absolute atomic E-state index is 0.0773. The van der Waals surface area contributed by atoms with Crippen LogP contribution in [0.4, 0.5) is 11.4 Å². The van der Waals surface area contributed by atoms with E-state index in [1.807, 2.05) is 0 Å². The molecule has 0 saturated carbocycles. The first-order valence-corrected chi connectivity index (χ1v) is 9.77. The molecule has 3 rings (SSSR count). The third-order valence-electron chi connectivity index (χ3n) is 3.55. The SMILES string of the molecule is Nc1ccc(Cl)c(Oc2cc(Cl)cc(Oc3c(Cl)ccc(N)c3Cl)c2Cl)c1Cl. The predicted molar refractivity (Wildman–Crippen MR) is 118 cm³/mol. The van der Waals surface area contributed by atoms with Gasteiger partial charge in [0.05, 0.1) is 21.4 Å². The molecule has 0 aliphatic heterocycles. The van der Waals surface area contributed by atoms with E-state index in [0.717, 1.165) is 0 Å². The summed E-state index contributed by atoms with van der Waals surface area (Å²) in [6, 6.07) is 9.12. The van der Waals surface area contributed by atoms with Crippen LogP contribution in [0.3, 0.4) is 0 Å². The maximum absolute atomic E-state index is 6.43. The lowest BCUT2D eigenvalue weighted by Gasteiger charge is -2.16. The van der Waals surface area contributed by atoms with Gasteiger partial charge >= 0.3 is 0 Å². The minimum atomic E-state index is 0.0773. The zero-order valence-corrected chi connectivity index (χ0v) is 18.2. The van der Waals surface area contributed by atoms with E-state index in [0.29, 0.717) is 0 Å². The average Bonchev–Trinajstić information content (AvgIpc) is 2.65. The number of hydrogen-bond donors (Lipinski definition) is 2. The molecule has 3 aromatic carbocycles. The molecule has 0 spiro atoms. The van der Waals surface area contributed by atoms with Crippen molar-refractivity contribution >= 4 is 81.0 Å². The van der Waals surface area contributed by atoms with E-state index in [4.69, 9.17) is 90.5 Å². The summed E-state index contributed by atoms with van der Waals surface area (Å²) in [4.78, 5) is 0. The maximum atomic E-state index is 6.43. The van der Waals surface area contributed by atoms with Crippen LogP contribution in [0.1, 0.15) is 0 Å². The molecule has 0 atom stereocenters. The Balaban J connectivity index is 2.05. The molecule has 4 N–H and O–H groups in total. The lowest BCUT2D eigenvalue weighted by atomic mass is 10.2. The summed E-state index contributed by atoms with van der Waals surface area (Å²) < 4.78 is 11.5. The van der Waals surface area contributed by atoms with Gasteiger partial charge in [-0.2, -0.15) is 0 Å². The van der Waals surface area contributed by atoms with Crippen molar-refractivity contribution in [2.75, 3.05) is 11.5 Å². The molecule has 0 aliphatic rings. The molecule has 0 radical (unpaired) electrons. The predicted octanol–water partition coefficient (Wildman–Crippen LogP) is 8.36. The van der Waals surface area contributed by atoms with Crippen LogP contribution in [0.5, 0.6) is 23.0 Å². The van der Waals surface area contributed by atoms with Gasteiger partial charge < -0.3 is 20.9 Å². The van der Waals surface area contributed by atoms with Crippen LogP contribution in [0, 0.1) is 0 Å². The fourth-order valence-electron chi connectivity index (χ4n) is 2.19. The number of rotatable bonds is 4. The van der Waals surface area contributed by atoms with E-state index >= 15 is 0 Å². The van der Waals surface area contributed by atoms with Crippen LogP contribution in [0.15, 0.2) is 36.4 Å². The quantitative estimate of drug-likeness (QED) is 0.354. The summed E-state index contributed by atoms with van der Waals surface area (Å²) >= 11 is 37.3. The fraction of sp³-hybridized carbons (Fsp3) is 0. The Morgan fingerprint density at radius 1 is 0.571 bits per heavy atom. The van der Waals surface area contributed by atoms with Gasteiger partial charge in [0, 0.05) is 17.2 Å². The van der Waals surface area contributed by atoms with Gasteiger partial charge in [0.15, 0.2) is 23.0 Å². The second-order valence-corrected chi connectivity index (χ2v) is 7.86. The van der Waals surface area contributed by atoms with Crippen molar-refractivity contribution in [1.82, 2.24) is 0 Å². The Bertz CT molecular complexity index is 994. The van der Waals surface area contributed by atoms with Crippen LogP contribution >= 0.6 is 69.6 Å². The molecule has 0 unspecified atom stereocenters. The molecule has 4 nitrogen and oxygen atoms in total. The Morgan fingerprint density at radius 2 is 0.964 bits per heavy atom. The van der Waals surface area contributed by atoms with Crippen LogP contribution in [0.25, 0.3) is 0 Å². The van der Waals surface area contributed by atoms with Gasteiger partial charge in [-0.15, -0.1) is 0 Å². The number of benzene rings is 3. The smallest absolute Gasteiger partial charge is 0.166 e. The Labute approximate surface area is 190 Å². The molecule has 0 heterocycles. The highest BCUT2D eigenvalue weighted by molar-refractivity contribution is 6.40. The minimum Gasteiger partial charge on any atom is -0.452 e. The second kappa shape index (κ2) is 8.54. The van der Waals surface area contributed by atoms with Gasteiger partial charge in [0.25, 0.3) is 0 Å². The molecule has 3 aromatic rings. The number of nitrogens with two attached hydrogens (primary N) is 2. The van der Waals surface area contributed by atoms with E-state index < -0.39 is 0 Å². The maximum Gasteiger partial charge on any atom is 0.166 e. The van der Waals surface area contributed by atoms with E-state index in [9.17, 15) is 0 Å². The topological polar surface area (TPSA) is 70.5 Å². The summed E-state index contributed by atoms with van der Waals surface area (Å²) in [5.41, 5.74) is 12.2. The summed E-state index contributed by atoms with van der Waals surface area (Å²) in [6.07, 6.45) is 0. The molecule has 10 heteroatoms. The van der Waals surface area contributed by atoms with Crippen LogP contribution in [0.2, 0.25) is 30.1 Å². The van der Waals surface area contributed by atoms with E-state index in [-0.39, 0.29) is 64.5 Å². The van der Waals surface area contributed by atoms with Crippen LogP contribution in [-0.2, 0) is 0 Å². The molecule has 0 aromatic heterocycles. The van der Waals surface area contributed by atoms with E-state index in [1.54, 1.807) is 24.3 Å². The van der Waals surface area contributed by atoms with Crippen molar-refractivity contribution in [1.29, 1.82) is 0 Å². The highest BCUT2D eigenvalue weighted by atomic mass is 35.5. The molecule has 0 saturated heterocycles. The molecule has 0 fully saturated rings. The zero-order chi connectivity index (χ0) is 20.6. The van der Waals surface area contributed by atoms with Gasteiger partial charge in [0.2, 0.25) is 0 Å². The van der Waals surface area contributed by atoms with Crippen LogP contribution < -0.4 is 20.9 Å². The highest BCUT2D eigenvalue weighted by Gasteiger charge is 2.19. The Hall–Kier alpha value is -1.40. The van der Waals surface area contributed by atoms with Crippen molar-refractivity contribution in [3.8, 4) is 23.0 Å². The van der Waals surface area contributed by atoms with Crippen molar-refractivity contribution in [3.05, 3.63) is 66.5 Å². The van der Waals surface area contributed by atoms with Gasteiger partial charge in [-0.1, -0.05) is 69.6 Å². The zero-order valence-electron chi connectivity index (χ0n) is 13.7. The van der Waals surface area contributed by atoms with Gasteiger partial charge in [0.1, 0.15) is 15.1 Å². The molecular weight excluding hydrogens is 489 g/mol. The number of halogens is 6. The average molecular weight is 499 g/mol. The molecule has 28 heavy (non-hydrogen) atoms. The molecule has 0 aliphatic carbocycles. The number of nitrogen functional groups attached to an aromatic ring is 2. The first-order chi connectivity index (χ1) is 13.2. The third kappa shape index (κ3) is 4.28. The molecule has 0 bridgehead atoms. The largest absolute Gasteiger partial charge is 0.452 e. The van der Waals surface area contributed by atoms with Crippen molar-refractivity contribution in [2.45, 2.75) is 0 Å². The Kier molecular flexibility index (Phi) is 6.50. The van der Waals surface area contributed by atoms with Gasteiger partial charge in [-0.25, -0.2) is 0 Å². The van der Waals surface area contributed by atoms with Crippen molar-refractivity contribution < 1.29 is 9.47 Å². The monoisotopic (exact) mass is 496 g/mol. The van der Waals surface area contributed by atoms with Gasteiger partial charge in [-0.3, -0.25) is 0 Å². The van der Waals surface area contributed by atoms with Crippen molar-refractivity contribution in [2.24, 2.45) is 0 Å². The molecule has 146 valence electrons. The Morgan fingerprint density at radius 3 is 1.36 bits per heavy atom. The summed E-state index contributed by atoms with van der Waals surface area (Å²) in [7, 11) is 0. The fourth-order valence-corrected chi connectivity index (χ4v) is 3.47. The normalized spacial score (nSPS) is 10.8.